The molecule has 6 nitrogen and oxygen atoms in total. The Bertz CT molecular complexity index is 1240. The predicted octanol–water partition coefficient (Wildman–Crippen LogP) is 6.64. The van der Waals surface area contributed by atoms with Gasteiger partial charge in [-0.05, 0) is 47.7 Å². The van der Waals surface area contributed by atoms with E-state index in [4.69, 9.17) is 37.1 Å². The standard InChI is InChI=1S/C23H22Cl2F3NO5S/c1-14(16-10-18(24)21(19(25)11-16)32-8-7-23(26,27)28)9-15-3-5-17(6-4-15)33-12-20-22(29-13-34-20)35(2,30)31/h3-6,10-11,13-14H,7-9,12H2,1-2H3/t14-/m1/s1. The van der Waals surface area contributed by atoms with Crippen molar-refractivity contribution in [1.29, 1.82) is 0 Å². The summed E-state index contributed by atoms with van der Waals surface area (Å²) in [4.78, 5) is 3.71. The molecule has 0 aliphatic carbocycles. The molecule has 2 aromatic carbocycles. The quantitative estimate of drug-likeness (QED) is 0.281. The van der Waals surface area contributed by atoms with Crippen molar-refractivity contribution in [2.45, 2.75) is 43.5 Å². The molecule has 0 amide bonds. The summed E-state index contributed by atoms with van der Waals surface area (Å²) < 4.78 is 76.3. The van der Waals surface area contributed by atoms with Gasteiger partial charge in [0.1, 0.15) is 12.4 Å². The van der Waals surface area contributed by atoms with Crippen molar-refractivity contribution in [2.24, 2.45) is 0 Å². The van der Waals surface area contributed by atoms with Crippen LogP contribution in [0.4, 0.5) is 13.2 Å². The van der Waals surface area contributed by atoms with Gasteiger partial charge in [-0.15, -0.1) is 0 Å². The van der Waals surface area contributed by atoms with Crippen molar-refractivity contribution < 1.29 is 35.5 Å². The van der Waals surface area contributed by atoms with Crippen LogP contribution in [-0.4, -0.2) is 32.4 Å². The van der Waals surface area contributed by atoms with E-state index in [9.17, 15) is 21.6 Å². The molecule has 1 heterocycles. The minimum atomic E-state index is -4.33. The third-order valence-electron chi connectivity index (χ3n) is 5.01. The van der Waals surface area contributed by atoms with Gasteiger partial charge in [-0.1, -0.05) is 42.3 Å². The van der Waals surface area contributed by atoms with Crippen LogP contribution in [0.15, 0.2) is 52.2 Å². The molecule has 0 fully saturated rings. The maximum Gasteiger partial charge on any atom is 0.392 e. The van der Waals surface area contributed by atoms with E-state index in [0.29, 0.717) is 12.2 Å². The average molecular weight is 552 g/mol. The lowest BCUT2D eigenvalue weighted by Crippen LogP contribution is -2.13. The molecular weight excluding hydrogens is 530 g/mol. The number of nitrogens with zero attached hydrogens (tertiary/aromatic N) is 1. The summed E-state index contributed by atoms with van der Waals surface area (Å²) in [6.07, 6.45) is -2.71. The molecule has 0 N–H and O–H groups in total. The van der Waals surface area contributed by atoms with Crippen LogP contribution >= 0.6 is 23.2 Å². The largest absolute Gasteiger partial charge is 0.490 e. The van der Waals surface area contributed by atoms with Crippen molar-refractivity contribution in [2.75, 3.05) is 12.9 Å². The van der Waals surface area contributed by atoms with Gasteiger partial charge in [-0.25, -0.2) is 13.4 Å². The molecule has 0 aliphatic heterocycles. The zero-order valence-corrected chi connectivity index (χ0v) is 21.1. The van der Waals surface area contributed by atoms with Crippen molar-refractivity contribution in [3.8, 4) is 11.5 Å². The number of hydrogen-bond acceptors (Lipinski definition) is 6. The highest BCUT2D eigenvalue weighted by Gasteiger charge is 2.27. The van der Waals surface area contributed by atoms with Gasteiger partial charge in [0.25, 0.3) is 0 Å². The smallest absolute Gasteiger partial charge is 0.392 e. The second-order valence-electron chi connectivity index (χ2n) is 7.92. The molecule has 12 heteroatoms. The van der Waals surface area contributed by atoms with Crippen LogP contribution in [0.5, 0.6) is 11.5 Å². The number of hydrogen-bond donors (Lipinski definition) is 0. The van der Waals surface area contributed by atoms with Gasteiger partial charge in [0.2, 0.25) is 0 Å². The lowest BCUT2D eigenvalue weighted by Gasteiger charge is -2.17. The Labute approximate surface area is 210 Å². The van der Waals surface area contributed by atoms with E-state index in [2.05, 4.69) is 4.98 Å². The predicted molar refractivity (Wildman–Crippen MR) is 125 cm³/mol. The zero-order valence-electron chi connectivity index (χ0n) is 18.7. The molecule has 0 bridgehead atoms. The van der Waals surface area contributed by atoms with Crippen LogP contribution in [0.25, 0.3) is 0 Å². The second kappa shape index (κ2) is 11.1. The highest BCUT2D eigenvalue weighted by atomic mass is 35.5. The fourth-order valence-corrected chi connectivity index (χ4v) is 4.64. The maximum atomic E-state index is 12.3. The Morgan fingerprint density at radius 1 is 1.09 bits per heavy atom. The Balaban J connectivity index is 1.60. The summed E-state index contributed by atoms with van der Waals surface area (Å²) in [5, 5.41) is 0.134. The number of alkyl halides is 3. The van der Waals surface area contributed by atoms with Crippen molar-refractivity contribution in [1.82, 2.24) is 4.98 Å². The SMILES string of the molecule is C[C@H](Cc1ccc(OCc2ocnc2S(C)(=O)=O)cc1)c1cc(Cl)c(OCCC(F)(F)F)c(Cl)c1. The van der Waals surface area contributed by atoms with Gasteiger partial charge in [-0.3, -0.25) is 0 Å². The molecule has 0 spiro atoms. The summed E-state index contributed by atoms with van der Waals surface area (Å²) in [6.45, 7) is 1.30. The van der Waals surface area contributed by atoms with Crippen LogP contribution in [0, 0.1) is 0 Å². The Kier molecular flexibility index (Phi) is 8.61. The Morgan fingerprint density at radius 3 is 2.29 bits per heavy atom. The molecule has 0 aliphatic rings. The summed E-state index contributed by atoms with van der Waals surface area (Å²) in [5.74, 6) is 0.654. The maximum absolute atomic E-state index is 12.3. The third-order valence-corrected chi connectivity index (χ3v) is 6.61. The van der Waals surface area contributed by atoms with Crippen molar-refractivity contribution >= 4 is 33.0 Å². The molecular formula is C23H22Cl2F3NO5S. The van der Waals surface area contributed by atoms with Crippen LogP contribution in [-0.2, 0) is 22.9 Å². The topological polar surface area (TPSA) is 78.6 Å². The molecule has 0 unspecified atom stereocenters. The van der Waals surface area contributed by atoms with Crippen molar-refractivity contribution in [3.63, 3.8) is 0 Å². The van der Waals surface area contributed by atoms with Gasteiger partial charge in [0, 0.05) is 6.26 Å². The Hall–Kier alpha value is -2.43. The normalized spacial score (nSPS) is 13.0. The number of rotatable bonds is 10. The highest BCUT2D eigenvalue weighted by Crippen LogP contribution is 2.37. The second-order valence-corrected chi connectivity index (χ2v) is 10.7. The van der Waals surface area contributed by atoms with E-state index in [-0.39, 0.29) is 39.1 Å². The van der Waals surface area contributed by atoms with Crippen LogP contribution in [0.2, 0.25) is 10.0 Å². The summed E-state index contributed by atoms with van der Waals surface area (Å²) in [7, 11) is -3.52. The molecule has 3 rings (SSSR count). The van der Waals surface area contributed by atoms with Crippen LogP contribution < -0.4 is 9.47 Å². The minimum absolute atomic E-state index is 0.00694. The van der Waals surface area contributed by atoms with Gasteiger partial charge in [0.05, 0.1) is 23.1 Å². The monoisotopic (exact) mass is 551 g/mol. The van der Waals surface area contributed by atoms with E-state index in [0.717, 1.165) is 23.8 Å². The number of sulfone groups is 1. The highest BCUT2D eigenvalue weighted by molar-refractivity contribution is 7.90. The first-order chi connectivity index (χ1) is 16.3. The van der Waals surface area contributed by atoms with Crippen LogP contribution in [0.1, 0.15) is 36.1 Å². The first-order valence-electron chi connectivity index (χ1n) is 10.4. The molecule has 190 valence electrons. The molecule has 3 aromatic rings. The number of benzene rings is 2. The number of aromatic nitrogens is 1. The molecule has 0 saturated heterocycles. The van der Waals surface area contributed by atoms with E-state index < -0.39 is 29.0 Å². The zero-order chi connectivity index (χ0) is 25.8. The molecule has 1 aromatic heterocycles. The Morgan fingerprint density at radius 2 is 1.71 bits per heavy atom. The van der Waals surface area contributed by atoms with Gasteiger partial charge in [-0.2, -0.15) is 13.2 Å². The van der Waals surface area contributed by atoms with E-state index in [1.807, 2.05) is 19.1 Å². The van der Waals surface area contributed by atoms with E-state index >= 15 is 0 Å². The minimum Gasteiger partial charge on any atom is -0.490 e. The molecule has 0 saturated carbocycles. The van der Waals surface area contributed by atoms with Crippen molar-refractivity contribution in [3.05, 3.63) is 69.7 Å². The fraction of sp³-hybridized carbons (Fsp3) is 0.348. The fourth-order valence-electron chi connectivity index (χ4n) is 3.27. The number of halogens is 5. The molecule has 0 radical (unpaired) electrons. The summed E-state index contributed by atoms with van der Waals surface area (Å²) in [6, 6.07) is 10.5. The summed E-state index contributed by atoms with van der Waals surface area (Å²) >= 11 is 12.4. The van der Waals surface area contributed by atoms with E-state index in [1.54, 1.807) is 24.3 Å². The lowest BCUT2D eigenvalue weighted by molar-refractivity contribution is -0.139. The molecule has 1 atom stereocenters. The number of oxazole rings is 1. The number of ether oxygens (including phenoxy) is 2. The first kappa shape index (κ1) is 27.2. The average Bonchev–Trinajstić information content (AvgIpc) is 3.23. The third kappa shape index (κ3) is 7.78. The molecule has 35 heavy (non-hydrogen) atoms. The van der Waals surface area contributed by atoms with Gasteiger partial charge >= 0.3 is 6.18 Å². The van der Waals surface area contributed by atoms with E-state index in [1.165, 1.54) is 0 Å². The first-order valence-corrected chi connectivity index (χ1v) is 13.0. The van der Waals surface area contributed by atoms with Gasteiger partial charge in [0.15, 0.2) is 32.8 Å². The lowest BCUT2D eigenvalue weighted by atomic mass is 9.93. The summed E-state index contributed by atoms with van der Waals surface area (Å²) in [5.41, 5.74) is 1.79. The van der Waals surface area contributed by atoms with Gasteiger partial charge < -0.3 is 13.9 Å². The van der Waals surface area contributed by atoms with Crippen LogP contribution in [0.3, 0.4) is 0 Å².